The van der Waals surface area contributed by atoms with Crippen LogP contribution in [0.2, 0.25) is 0 Å². The number of imide groups is 1. The van der Waals surface area contributed by atoms with Crippen molar-refractivity contribution in [1.82, 2.24) is 10.6 Å². The molecule has 0 atom stereocenters. The van der Waals surface area contributed by atoms with Crippen LogP contribution in [0.4, 0.5) is 16.2 Å². The molecule has 0 spiro atoms. The van der Waals surface area contributed by atoms with Gasteiger partial charge in [0.1, 0.15) is 5.69 Å². The SMILES string of the molecule is CC(C)(C)NC(=O)NC(=O)COC(=O)c1ccc(N2CCCC2)c([N+](=O)[O-])c1. The van der Waals surface area contributed by atoms with Gasteiger partial charge in [-0.3, -0.25) is 20.2 Å². The highest BCUT2D eigenvalue weighted by Gasteiger charge is 2.24. The third kappa shape index (κ3) is 5.93. The van der Waals surface area contributed by atoms with Crippen LogP contribution in [0, 0.1) is 10.1 Å². The summed E-state index contributed by atoms with van der Waals surface area (Å²) in [6, 6.07) is 3.36. The zero-order chi connectivity index (χ0) is 20.9. The zero-order valence-electron chi connectivity index (χ0n) is 16.1. The number of nitro groups is 1. The van der Waals surface area contributed by atoms with Crippen LogP contribution in [0.5, 0.6) is 0 Å². The van der Waals surface area contributed by atoms with Crippen molar-refractivity contribution in [1.29, 1.82) is 0 Å². The predicted octanol–water partition coefficient (Wildman–Crippen LogP) is 1.98. The predicted molar refractivity (Wildman–Crippen MR) is 101 cm³/mol. The fraction of sp³-hybridized carbons (Fsp3) is 0.500. The molecule has 1 saturated heterocycles. The lowest BCUT2D eigenvalue weighted by molar-refractivity contribution is -0.384. The molecule has 1 heterocycles. The van der Waals surface area contributed by atoms with Gasteiger partial charge in [-0.25, -0.2) is 9.59 Å². The molecule has 3 amide bonds. The maximum atomic E-state index is 12.1. The average Bonchev–Trinajstić information content (AvgIpc) is 3.11. The third-order valence-electron chi connectivity index (χ3n) is 3.93. The van der Waals surface area contributed by atoms with Gasteiger partial charge in [0.15, 0.2) is 6.61 Å². The van der Waals surface area contributed by atoms with Crippen molar-refractivity contribution < 1.29 is 24.0 Å². The summed E-state index contributed by atoms with van der Waals surface area (Å²) in [5.41, 5.74) is -0.306. The fourth-order valence-corrected chi connectivity index (χ4v) is 2.77. The Hall–Kier alpha value is -3.17. The minimum atomic E-state index is -0.887. The lowest BCUT2D eigenvalue weighted by Gasteiger charge is -2.20. The molecule has 0 bridgehead atoms. The third-order valence-corrected chi connectivity index (χ3v) is 3.93. The van der Waals surface area contributed by atoms with Crippen LogP contribution in [0.1, 0.15) is 44.0 Å². The summed E-state index contributed by atoms with van der Waals surface area (Å²) >= 11 is 0. The van der Waals surface area contributed by atoms with E-state index in [0.29, 0.717) is 5.69 Å². The number of ether oxygens (including phenoxy) is 1. The van der Waals surface area contributed by atoms with Crippen LogP contribution < -0.4 is 15.5 Å². The van der Waals surface area contributed by atoms with Gasteiger partial charge >= 0.3 is 12.0 Å². The molecule has 0 saturated carbocycles. The molecular weight excluding hydrogens is 368 g/mol. The van der Waals surface area contributed by atoms with E-state index < -0.39 is 35.0 Å². The molecule has 1 aromatic carbocycles. The number of rotatable bonds is 5. The van der Waals surface area contributed by atoms with Crippen molar-refractivity contribution in [3.8, 4) is 0 Å². The molecule has 10 nitrogen and oxygen atoms in total. The molecule has 1 fully saturated rings. The molecule has 0 unspecified atom stereocenters. The Morgan fingerprint density at radius 2 is 1.86 bits per heavy atom. The van der Waals surface area contributed by atoms with Crippen LogP contribution in [0.25, 0.3) is 0 Å². The van der Waals surface area contributed by atoms with Gasteiger partial charge in [0.2, 0.25) is 0 Å². The molecule has 10 heteroatoms. The summed E-state index contributed by atoms with van der Waals surface area (Å²) in [7, 11) is 0. The summed E-state index contributed by atoms with van der Waals surface area (Å²) in [6.07, 6.45) is 1.91. The van der Waals surface area contributed by atoms with E-state index in [2.05, 4.69) is 5.32 Å². The first-order valence-electron chi connectivity index (χ1n) is 8.89. The van der Waals surface area contributed by atoms with Gasteiger partial charge in [0.05, 0.1) is 10.5 Å². The number of nitrogens with one attached hydrogen (secondary N) is 2. The highest BCUT2D eigenvalue weighted by Crippen LogP contribution is 2.31. The number of hydrogen-bond acceptors (Lipinski definition) is 7. The van der Waals surface area contributed by atoms with E-state index in [9.17, 15) is 24.5 Å². The van der Waals surface area contributed by atoms with Gasteiger partial charge < -0.3 is 15.0 Å². The first-order chi connectivity index (χ1) is 13.1. The van der Waals surface area contributed by atoms with Crippen LogP contribution in [0.15, 0.2) is 18.2 Å². The monoisotopic (exact) mass is 392 g/mol. The molecule has 28 heavy (non-hydrogen) atoms. The molecule has 1 aliphatic heterocycles. The lowest BCUT2D eigenvalue weighted by atomic mass is 10.1. The normalized spacial score (nSPS) is 13.8. The van der Waals surface area contributed by atoms with Gasteiger partial charge in [0, 0.05) is 24.7 Å². The Bertz CT molecular complexity index is 781. The van der Waals surface area contributed by atoms with Gasteiger partial charge in [0.25, 0.3) is 11.6 Å². The second kappa shape index (κ2) is 8.68. The molecule has 0 aliphatic carbocycles. The zero-order valence-corrected chi connectivity index (χ0v) is 16.1. The maximum absolute atomic E-state index is 12.1. The summed E-state index contributed by atoms with van der Waals surface area (Å²) in [5.74, 6) is -1.69. The van der Waals surface area contributed by atoms with E-state index in [1.807, 2.05) is 10.2 Å². The van der Waals surface area contributed by atoms with E-state index in [0.717, 1.165) is 32.0 Å². The van der Waals surface area contributed by atoms with Crippen molar-refractivity contribution in [2.75, 3.05) is 24.6 Å². The second-order valence-corrected chi connectivity index (χ2v) is 7.48. The summed E-state index contributed by atoms with van der Waals surface area (Å²) in [6.45, 7) is 6.00. The van der Waals surface area contributed by atoms with E-state index >= 15 is 0 Å². The number of carbonyl (C=O) groups is 3. The molecule has 0 aromatic heterocycles. The summed E-state index contributed by atoms with van der Waals surface area (Å²) in [4.78, 5) is 48.2. The number of nitrogens with zero attached hydrogens (tertiary/aromatic N) is 2. The Balaban J connectivity index is 1.98. The number of carbonyl (C=O) groups excluding carboxylic acids is 3. The number of urea groups is 1. The maximum Gasteiger partial charge on any atom is 0.338 e. The Labute approximate surface area is 162 Å². The number of anilines is 1. The molecule has 152 valence electrons. The largest absolute Gasteiger partial charge is 0.452 e. The highest BCUT2D eigenvalue weighted by molar-refractivity contribution is 5.97. The highest BCUT2D eigenvalue weighted by atomic mass is 16.6. The average molecular weight is 392 g/mol. The van der Waals surface area contributed by atoms with Crippen molar-refractivity contribution in [3.63, 3.8) is 0 Å². The lowest BCUT2D eigenvalue weighted by Crippen LogP contribution is -2.49. The molecular formula is C18H24N4O6. The topological polar surface area (TPSA) is 131 Å². The Morgan fingerprint density at radius 3 is 2.43 bits per heavy atom. The van der Waals surface area contributed by atoms with Crippen molar-refractivity contribution in [2.24, 2.45) is 0 Å². The smallest absolute Gasteiger partial charge is 0.338 e. The van der Waals surface area contributed by atoms with Gasteiger partial charge in [-0.05, 0) is 45.7 Å². The first-order valence-corrected chi connectivity index (χ1v) is 8.89. The standard InChI is InChI=1S/C18H24N4O6/c1-18(2,3)20-17(25)19-15(23)11-28-16(24)12-6-7-13(14(10-12)22(26)27)21-8-4-5-9-21/h6-7,10H,4-5,8-9,11H2,1-3H3,(H2,19,20,23,25). The molecule has 0 radical (unpaired) electrons. The quantitative estimate of drug-likeness (QED) is 0.445. The van der Waals surface area contributed by atoms with Crippen molar-refractivity contribution in [3.05, 3.63) is 33.9 Å². The van der Waals surface area contributed by atoms with Gasteiger partial charge in [-0.1, -0.05) is 0 Å². The van der Waals surface area contributed by atoms with Crippen LogP contribution in [0.3, 0.4) is 0 Å². The summed E-state index contributed by atoms with van der Waals surface area (Å²) in [5, 5.41) is 15.9. The van der Waals surface area contributed by atoms with Crippen molar-refractivity contribution in [2.45, 2.75) is 39.2 Å². The second-order valence-electron chi connectivity index (χ2n) is 7.48. The number of amides is 3. The number of benzene rings is 1. The van der Waals surface area contributed by atoms with Gasteiger partial charge in [-0.2, -0.15) is 0 Å². The van der Waals surface area contributed by atoms with Gasteiger partial charge in [-0.15, -0.1) is 0 Å². The van der Waals surface area contributed by atoms with E-state index in [1.54, 1.807) is 20.8 Å². The molecule has 2 rings (SSSR count). The minimum Gasteiger partial charge on any atom is -0.452 e. The molecule has 1 aliphatic rings. The first kappa shape index (κ1) is 21.1. The van der Waals surface area contributed by atoms with Crippen molar-refractivity contribution >= 4 is 29.3 Å². The van der Waals surface area contributed by atoms with Crippen LogP contribution in [-0.2, 0) is 9.53 Å². The van der Waals surface area contributed by atoms with E-state index in [4.69, 9.17) is 4.74 Å². The molecule has 2 N–H and O–H groups in total. The Morgan fingerprint density at radius 1 is 1.21 bits per heavy atom. The van der Waals surface area contributed by atoms with Crippen LogP contribution >= 0.6 is 0 Å². The fourth-order valence-electron chi connectivity index (χ4n) is 2.77. The minimum absolute atomic E-state index is 0.0402. The van der Waals surface area contributed by atoms with Crippen LogP contribution in [-0.4, -0.2) is 48.1 Å². The number of nitro benzene ring substituents is 1. The number of esters is 1. The van der Waals surface area contributed by atoms with E-state index in [1.165, 1.54) is 12.1 Å². The summed E-state index contributed by atoms with van der Waals surface area (Å²) < 4.78 is 4.85. The Kier molecular flexibility index (Phi) is 6.55. The molecule has 1 aromatic rings. The van der Waals surface area contributed by atoms with E-state index in [-0.39, 0.29) is 11.3 Å². The number of hydrogen-bond donors (Lipinski definition) is 2.